The molecule has 0 saturated carbocycles. The third-order valence-corrected chi connectivity index (χ3v) is 4.51. The van der Waals surface area contributed by atoms with Crippen molar-refractivity contribution < 1.29 is 4.74 Å². The highest BCUT2D eigenvalue weighted by Crippen LogP contribution is 2.36. The molecule has 4 heteroatoms. The molecule has 0 fully saturated rings. The van der Waals surface area contributed by atoms with Gasteiger partial charge in [-0.15, -0.1) is 11.3 Å². The number of thiophene rings is 1. The second kappa shape index (κ2) is 6.75. The molecule has 0 aliphatic carbocycles. The summed E-state index contributed by atoms with van der Waals surface area (Å²) in [7, 11) is 1.63. The highest BCUT2D eigenvalue weighted by Gasteiger charge is 2.14. The highest BCUT2D eigenvalue weighted by atomic mass is 32.1. The van der Waals surface area contributed by atoms with Crippen molar-refractivity contribution >= 4 is 32.5 Å². The average molecular weight is 322 g/mol. The third kappa shape index (κ3) is 2.90. The molecule has 0 aliphatic heterocycles. The third-order valence-electron chi connectivity index (χ3n) is 3.39. The van der Waals surface area contributed by atoms with Crippen LogP contribution in [-0.4, -0.2) is 17.1 Å². The molecule has 2 heterocycles. The first-order valence-electron chi connectivity index (χ1n) is 7.65. The highest BCUT2D eigenvalue weighted by molar-refractivity contribution is 7.22. The van der Waals surface area contributed by atoms with Crippen LogP contribution in [0.2, 0.25) is 0 Å². The van der Waals surface area contributed by atoms with E-state index in [2.05, 4.69) is 23.2 Å². The van der Waals surface area contributed by atoms with E-state index in [1.807, 2.05) is 50.2 Å². The Balaban J connectivity index is 0.000000753. The predicted octanol–water partition coefficient (Wildman–Crippen LogP) is 5.55. The lowest BCUT2D eigenvalue weighted by molar-refractivity contribution is 0.400. The van der Waals surface area contributed by atoms with Crippen LogP contribution in [0, 0.1) is 0 Å². The molecule has 3 nitrogen and oxygen atoms in total. The van der Waals surface area contributed by atoms with Crippen molar-refractivity contribution in [3.8, 4) is 16.5 Å². The lowest BCUT2D eigenvalue weighted by Gasteiger charge is -2.06. The van der Waals surface area contributed by atoms with Gasteiger partial charge in [-0.2, -0.15) is 0 Å². The molecule has 4 aromatic rings. The van der Waals surface area contributed by atoms with Crippen LogP contribution in [0.5, 0.6) is 5.88 Å². The zero-order valence-electron chi connectivity index (χ0n) is 13.4. The fourth-order valence-corrected chi connectivity index (χ4v) is 3.43. The van der Waals surface area contributed by atoms with Crippen LogP contribution < -0.4 is 4.74 Å². The van der Waals surface area contributed by atoms with Gasteiger partial charge < -0.3 is 4.74 Å². The lowest BCUT2D eigenvalue weighted by atomic mass is 10.2. The van der Waals surface area contributed by atoms with Crippen LogP contribution in [0.15, 0.2) is 54.6 Å². The molecule has 4 rings (SSSR count). The van der Waals surface area contributed by atoms with E-state index >= 15 is 0 Å². The van der Waals surface area contributed by atoms with E-state index in [0.29, 0.717) is 5.88 Å². The molecule has 116 valence electrons. The van der Waals surface area contributed by atoms with Crippen molar-refractivity contribution in [2.24, 2.45) is 0 Å². The number of ether oxygens (including phenoxy) is 1. The largest absolute Gasteiger partial charge is 0.479 e. The van der Waals surface area contributed by atoms with Gasteiger partial charge >= 0.3 is 0 Å². The fraction of sp³-hybridized carbons (Fsp3) is 0.158. The number of benzene rings is 2. The smallest absolute Gasteiger partial charge is 0.241 e. The fourth-order valence-electron chi connectivity index (χ4n) is 2.39. The molecule has 0 saturated heterocycles. The molecule has 2 aromatic carbocycles. The van der Waals surface area contributed by atoms with Crippen LogP contribution in [0.4, 0.5) is 0 Å². The molecule has 0 bridgehead atoms. The van der Waals surface area contributed by atoms with E-state index in [9.17, 15) is 0 Å². The van der Waals surface area contributed by atoms with Gasteiger partial charge in [-0.1, -0.05) is 44.2 Å². The lowest BCUT2D eigenvalue weighted by Crippen LogP contribution is -1.95. The molecule has 0 aliphatic rings. The maximum Gasteiger partial charge on any atom is 0.241 e. The molecule has 0 unspecified atom stereocenters. The number of fused-ring (bicyclic) bond motifs is 2. The van der Waals surface area contributed by atoms with Crippen LogP contribution in [0.25, 0.3) is 31.7 Å². The molecule has 0 atom stereocenters. The van der Waals surface area contributed by atoms with E-state index in [1.165, 1.54) is 10.1 Å². The summed E-state index contributed by atoms with van der Waals surface area (Å²) >= 11 is 1.71. The Kier molecular flexibility index (Phi) is 4.53. The maximum absolute atomic E-state index is 5.44. The standard InChI is InChI=1S/C17H12N2OS.C2H6/c1-20-17-16(18-12-7-3-4-8-13(12)19-17)15-10-11-6-2-5-9-14(11)21-15;1-2/h2-10H,1H3;1-2H3. The van der Waals surface area contributed by atoms with Gasteiger partial charge in [0.15, 0.2) is 0 Å². The van der Waals surface area contributed by atoms with Crippen molar-refractivity contribution in [2.75, 3.05) is 7.11 Å². The molecule has 2 aromatic heterocycles. The van der Waals surface area contributed by atoms with Crippen LogP contribution in [-0.2, 0) is 0 Å². The zero-order valence-corrected chi connectivity index (χ0v) is 14.2. The first-order chi connectivity index (χ1) is 11.3. The van der Waals surface area contributed by atoms with Crippen molar-refractivity contribution in [2.45, 2.75) is 13.8 Å². The van der Waals surface area contributed by atoms with Gasteiger partial charge in [0.05, 0.1) is 23.0 Å². The van der Waals surface area contributed by atoms with Gasteiger partial charge in [-0.25, -0.2) is 9.97 Å². The number of hydrogen-bond acceptors (Lipinski definition) is 4. The number of rotatable bonds is 2. The summed E-state index contributed by atoms with van der Waals surface area (Å²) < 4.78 is 6.68. The Morgan fingerprint density at radius 2 is 1.52 bits per heavy atom. The van der Waals surface area contributed by atoms with Gasteiger partial charge in [0.25, 0.3) is 0 Å². The minimum absolute atomic E-state index is 0.570. The topological polar surface area (TPSA) is 35.0 Å². The summed E-state index contributed by atoms with van der Waals surface area (Å²) in [6.07, 6.45) is 0. The summed E-state index contributed by atoms with van der Waals surface area (Å²) in [5.74, 6) is 0.570. The molecule has 23 heavy (non-hydrogen) atoms. The zero-order chi connectivity index (χ0) is 16.2. The number of aromatic nitrogens is 2. The van der Waals surface area contributed by atoms with Crippen molar-refractivity contribution in [3.05, 3.63) is 54.6 Å². The summed E-state index contributed by atoms with van der Waals surface area (Å²) in [4.78, 5) is 10.4. The quantitative estimate of drug-likeness (QED) is 0.485. The average Bonchev–Trinajstić information content (AvgIpc) is 3.06. The molecule has 0 N–H and O–H groups in total. The first kappa shape index (κ1) is 15.4. The SMILES string of the molecule is CC.COc1nc2ccccc2nc1-c1cc2ccccc2s1. The number of para-hydroxylation sites is 2. The van der Waals surface area contributed by atoms with Crippen molar-refractivity contribution in [1.29, 1.82) is 0 Å². The number of methoxy groups -OCH3 is 1. The second-order valence-electron chi connectivity index (χ2n) is 4.72. The Morgan fingerprint density at radius 1 is 0.870 bits per heavy atom. The van der Waals surface area contributed by atoms with Crippen molar-refractivity contribution in [1.82, 2.24) is 9.97 Å². The molecular formula is C19H18N2OS. The minimum atomic E-state index is 0.570. The predicted molar refractivity (Wildman–Crippen MR) is 98.3 cm³/mol. The molecular weight excluding hydrogens is 304 g/mol. The number of nitrogens with zero attached hydrogens (tertiary/aromatic N) is 2. The summed E-state index contributed by atoms with van der Waals surface area (Å²) in [6, 6.07) is 18.3. The van der Waals surface area contributed by atoms with Crippen molar-refractivity contribution in [3.63, 3.8) is 0 Å². The summed E-state index contributed by atoms with van der Waals surface area (Å²) in [6.45, 7) is 4.00. The van der Waals surface area contributed by atoms with Crippen LogP contribution >= 0.6 is 11.3 Å². The second-order valence-corrected chi connectivity index (χ2v) is 5.80. The molecule has 0 amide bonds. The normalized spacial score (nSPS) is 10.4. The Morgan fingerprint density at radius 3 is 2.22 bits per heavy atom. The van der Waals surface area contributed by atoms with E-state index in [0.717, 1.165) is 21.6 Å². The Hall–Kier alpha value is -2.46. The summed E-state index contributed by atoms with van der Waals surface area (Å²) in [5, 5.41) is 1.22. The minimum Gasteiger partial charge on any atom is -0.479 e. The molecule has 0 spiro atoms. The van der Waals surface area contributed by atoms with Gasteiger partial charge in [0, 0.05) is 4.70 Å². The van der Waals surface area contributed by atoms with Gasteiger partial charge in [-0.3, -0.25) is 0 Å². The Bertz CT molecular complexity index is 913. The Labute approximate surface area is 139 Å². The van der Waals surface area contributed by atoms with Gasteiger partial charge in [0.1, 0.15) is 5.69 Å². The van der Waals surface area contributed by atoms with E-state index in [-0.39, 0.29) is 0 Å². The maximum atomic E-state index is 5.44. The van der Waals surface area contributed by atoms with E-state index in [4.69, 9.17) is 9.72 Å². The van der Waals surface area contributed by atoms with E-state index in [1.54, 1.807) is 18.4 Å². The van der Waals surface area contributed by atoms with Crippen LogP contribution in [0.3, 0.4) is 0 Å². The number of hydrogen-bond donors (Lipinski definition) is 0. The first-order valence-corrected chi connectivity index (χ1v) is 8.46. The van der Waals surface area contributed by atoms with Gasteiger partial charge in [-0.05, 0) is 29.7 Å². The van der Waals surface area contributed by atoms with Crippen LogP contribution in [0.1, 0.15) is 13.8 Å². The monoisotopic (exact) mass is 322 g/mol. The van der Waals surface area contributed by atoms with Gasteiger partial charge in [0.2, 0.25) is 5.88 Å². The summed E-state index contributed by atoms with van der Waals surface area (Å²) in [5.41, 5.74) is 2.53. The molecule has 0 radical (unpaired) electrons. The van der Waals surface area contributed by atoms with E-state index < -0.39 is 0 Å².